The second-order valence-corrected chi connectivity index (χ2v) is 4.54. The fourth-order valence-electron chi connectivity index (χ4n) is 1.27. The Morgan fingerprint density at radius 3 is 2.53 bits per heavy atom. The summed E-state index contributed by atoms with van der Waals surface area (Å²) in [5.74, 6) is -0.238. The fourth-order valence-corrected chi connectivity index (χ4v) is 1.40. The first kappa shape index (κ1) is 13.5. The first-order valence-electron chi connectivity index (χ1n) is 5.46. The van der Waals surface area contributed by atoms with E-state index in [4.69, 9.17) is 16.9 Å². The lowest BCUT2D eigenvalue weighted by molar-refractivity contribution is -0.127. The van der Waals surface area contributed by atoms with Crippen molar-refractivity contribution in [3.05, 3.63) is 34.9 Å². The molecule has 1 N–H and O–H groups in total. The molecule has 1 aromatic carbocycles. The van der Waals surface area contributed by atoms with Crippen molar-refractivity contribution in [1.29, 1.82) is 5.26 Å². The topological polar surface area (TPSA) is 52.9 Å². The Morgan fingerprint density at radius 2 is 2.06 bits per heavy atom. The van der Waals surface area contributed by atoms with E-state index >= 15 is 0 Å². The number of hydrogen-bond donors (Lipinski definition) is 1. The Balaban J connectivity index is 2.60. The van der Waals surface area contributed by atoms with Crippen LogP contribution in [0.1, 0.15) is 25.8 Å². The van der Waals surface area contributed by atoms with Gasteiger partial charge in [-0.25, -0.2) is 0 Å². The number of rotatable bonds is 4. The predicted molar refractivity (Wildman–Crippen MR) is 67.3 cm³/mol. The van der Waals surface area contributed by atoms with E-state index in [-0.39, 0.29) is 5.91 Å². The van der Waals surface area contributed by atoms with Gasteiger partial charge in [0.1, 0.15) is 5.41 Å². The van der Waals surface area contributed by atoms with Crippen LogP contribution < -0.4 is 5.32 Å². The van der Waals surface area contributed by atoms with Crippen LogP contribution in [-0.4, -0.2) is 5.91 Å². The maximum atomic E-state index is 11.8. The van der Waals surface area contributed by atoms with E-state index in [0.29, 0.717) is 18.0 Å². The fraction of sp³-hybridized carbons (Fsp3) is 0.385. The van der Waals surface area contributed by atoms with Gasteiger partial charge in [0, 0.05) is 11.6 Å². The summed E-state index contributed by atoms with van der Waals surface area (Å²) < 4.78 is 0. The molecule has 4 heteroatoms. The van der Waals surface area contributed by atoms with Crippen molar-refractivity contribution in [2.24, 2.45) is 5.41 Å². The van der Waals surface area contributed by atoms with Crippen molar-refractivity contribution < 1.29 is 4.79 Å². The summed E-state index contributed by atoms with van der Waals surface area (Å²) in [5, 5.41) is 12.4. The van der Waals surface area contributed by atoms with Gasteiger partial charge in [0.25, 0.3) is 0 Å². The second-order valence-electron chi connectivity index (χ2n) is 4.11. The summed E-state index contributed by atoms with van der Waals surface area (Å²) in [6, 6.07) is 9.27. The zero-order chi connectivity index (χ0) is 12.9. The average Bonchev–Trinajstić information content (AvgIpc) is 2.36. The molecule has 0 bridgehead atoms. The van der Waals surface area contributed by atoms with Crippen molar-refractivity contribution in [3.8, 4) is 6.07 Å². The molecule has 0 fully saturated rings. The molecule has 17 heavy (non-hydrogen) atoms. The monoisotopic (exact) mass is 250 g/mol. The Hall–Kier alpha value is -1.53. The van der Waals surface area contributed by atoms with E-state index in [1.165, 1.54) is 0 Å². The minimum absolute atomic E-state index is 0.238. The highest BCUT2D eigenvalue weighted by molar-refractivity contribution is 6.30. The van der Waals surface area contributed by atoms with Gasteiger partial charge >= 0.3 is 0 Å². The molecule has 1 rings (SSSR count). The molecule has 0 saturated carbocycles. The quantitative estimate of drug-likeness (QED) is 0.893. The molecule has 0 radical (unpaired) electrons. The van der Waals surface area contributed by atoms with Gasteiger partial charge in [-0.3, -0.25) is 4.79 Å². The molecule has 1 atom stereocenters. The zero-order valence-corrected chi connectivity index (χ0v) is 10.7. The molecular weight excluding hydrogens is 236 g/mol. The smallest absolute Gasteiger partial charge is 0.240 e. The van der Waals surface area contributed by atoms with Crippen LogP contribution in [0, 0.1) is 16.7 Å². The molecule has 1 amide bonds. The average molecular weight is 251 g/mol. The third-order valence-corrected chi connectivity index (χ3v) is 3.07. The number of nitrogens with zero attached hydrogens (tertiary/aromatic N) is 1. The highest BCUT2D eigenvalue weighted by Gasteiger charge is 2.30. The molecule has 0 saturated heterocycles. The number of nitrogens with one attached hydrogen (secondary N) is 1. The van der Waals surface area contributed by atoms with Crippen molar-refractivity contribution in [2.75, 3.05) is 0 Å². The van der Waals surface area contributed by atoms with Crippen molar-refractivity contribution in [1.82, 2.24) is 5.32 Å². The highest BCUT2D eigenvalue weighted by Crippen LogP contribution is 2.19. The Morgan fingerprint density at radius 1 is 1.47 bits per heavy atom. The van der Waals surface area contributed by atoms with Crippen LogP contribution in [0.15, 0.2) is 24.3 Å². The zero-order valence-electron chi connectivity index (χ0n) is 9.96. The lowest BCUT2D eigenvalue weighted by Crippen LogP contribution is -2.37. The van der Waals surface area contributed by atoms with Gasteiger partial charge in [0.2, 0.25) is 5.91 Å². The molecule has 0 aliphatic rings. The van der Waals surface area contributed by atoms with Crippen molar-refractivity contribution in [2.45, 2.75) is 26.8 Å². The van der Waals surface area contributed by atoms with Crippen LogP contribution in [0.3, 0.4) is 0 Å². The number of carbonyl (C=O) groups is 1. The van der Waals surface area contributed by atoms with Crippen molar-refractivity contribution >= 4 is 17.5 Å². The maximum absolute atomic E-state index is 11.8. The second kappa shape index (κ2) is 5.70. The van der Waals surface area contributed by atoms with Crippen molar-refractivity contribution in [3.63, 3.8) is 0 Å². The number of halogens is 1. The van der Waals surface area contributed by atoms with Gasteiger partial charge in [-0.1, -0.05) is 30.7 Å². The summed E-state index contributed by atoms with van der Waals surface area (Å²) in [7, 11) is 0. The Bertz CT molecular complexity index is 436. The summed E-state index contributed by atoms with van der Waals surface area (Å²) in [6.45, 7) is 3.88. The number of amides is 1. The summed E-state index contributed by atoms with van der Waals surface area (Å²) in [6.07, 6.45) is 0.496. The summed E-state index contributed by atoms with van der Waals surface area (Å²) in [4.78, 5) is 11.8. The van der Waals surface area contributed by atoms with Crippen LogP contribution >= 0.6 is 11.6 Å². The molecule has 0 aliphatic carbocycles. The van der Waals surface area contributed by atoms with Crippen LogP contribution in [0.4, 0.5) is 0 Å². The van der Waals surface area contributed by atoms with Gasteiger partial charge in [-0.15, -0.1) is 0 Å². The molecule has 0 aliphatic heterocycles. The van der Waals surface area contributed by atoms with Gasteiger partial charge in [-0.05, 0) is 31.0 Å². The minimum Gasteiger partial charge on any atom is -0.351 e. The van der Waals surface area contributed by atoms with Crippen LogP contribution in [-0.2, 0) is 11.3 Å². The molecule has 3 nitrogen and oxygen atoms in total. The van der Waals surface area contributed by atoms with E-state index in [1.54, 1.807) is 19.1 Å². The van der Waals surface area contributed by atoms with E-state index < -0.39 is 5.41 Å². The molecule has 0 aromatic heterocycles. The SMILES string of the molecule is CCC(C)(C#N)C(=O)NCc1ccc(Cl)cc1. The highest BCUT2D eigenvalue weighted by atomic mass is 35.5. The predicted octanol–water partition coefficient (Wildman–Crippen LogP) is 2.90. The van der Waals surface area contributed by atoms with Crippen LogP contribution in [0.2, 0.25) is 5.02 Å². The summed E-state index contributed by atoms with van der Waals surface area (Å²) >= 11 is 5.76. The van der Waals surface area contributed by atoms with E-state index in [9.17, 15) is 4.79 Å². The third kappa shape index (κ3) is 3.47. The molecule has 0 heterocycles. The number of benzene rings is 1. The van der Waals surface area contributed by atoms with Gasteiger partial charge in [-0.2, -0.15) is 5.26 Å². The van der Waals surface area contributed by atoms with Crippen LogP contribution in [0.5, 0.6) is 0 Å². The largest absolute Gasteiger partial charge is 0.351 e. The number of hydrogen-bond acceptors (Lipinski definition) is 2. The normalized spacial score (nSPS) is 13.5. The molecule has 0 spiro atoms. The number of nitriles is 1. The Kier molecular flexibility index (Phi) is 4.53. The first-order chi connectivity index (χ1) is 8.01. The molecular formula is C13H15ClN2O. The van der Waals surface area contributed by atoms with Gasteiger partial charge in [0.05, 0.1) is 6.07 Å². The minimum atomic E-state index is -0.952. The number of carbonyl (C=O) groups excluding carboxylic acids is 1. The van der Waals surface area contributed by atoms with E-state index in [2.05, 4.69) is 5.32 Å². The molecule has 1 aromatic rings. The third-order valence-electron chi connectivity index (χ3n) is 2.82. The maximum Gasteiger partial charge on any atom is 0.240 e. The van der Waals surface area contributed by atoms with Gasteiger partial charge < -0.3 is 5.32 Å². The van der Waals surface area contributed by atoms with E-state index in [1.807, 2.05) is 25.1 Å². The standard InChI is InChI=1S/C13H15ClN2O/c1-3-13(2,9-15)12(17)16-8-10-4-6-11(14)7-5-10/h4-7H,3,8H2,1-2H3,(H,16,17). The van der Waals surface area contributed by atoms with E-state index in [0.717, 1.165) is 5.56 Å². The lowest BCUT2D eigenvalue weighted by atomic mass is 9.88. The lowest BCUT2D eigenvalue weighted by Gasteiger charge is -2.18. The molecule has 90 valence electrons. The molecule has 1 unspecified atom stereocenters. The first-order valence-corrected chi connectivity index (χ1v) is 5.83. The Labute approximate surface area is 106 Å². The van der Waals surface area contributed by atoms with Gasteiger partial charge in [0.15, 0.2) is 0 Å². The van der Waals surface area contributed by atoms with Crippen LogP contribution in [0.25, 0.3) is 0 Å². The summed E-state index contributed by atoms with van der Waals surface area (Å²) in [5.41, 5.74) is 0.00558.